The minimum Gasteiger partial charge on any atom is -0.381 e. The van der Waals surface area contributed by atoms with Crippen molar-refractivity contribution in [3.8, 4) is 0 Å². The van der Waals surface area contributed by atoms with Gasteiger partial charge in [-0.3, -0.25) is 4.99 Å². The number of ether oxygens (including phenoxy) is 1. The first kappa shape index (κ1) is 18.9. The Morgan fingerprint density at radius 2 is 1.73 bits per heavy atom. The van der Waals surface area contributed by atoms with Gasteiger partial charge in [0, 0.05) is 43.2 Å². The monoisotopic (exact) mass is 415 g/mol. The Balaban J connectivity index is 1.65. The number of guanidine groups is 1. The van der Waals surface area contributed by atoms with Gasteiger partial charge >= 0.3 is 0 Å². The Morgan fingerprint density at radius 3 is 2.38 bits per heavy atom. The van der Waals surface area contributed by atoms with Gasteiger partial charge in [-0.05, 0) is 36.1 Å². The van der Waals surface area contributed by atoms with Crippen molar-refractivity contribution in [3.63, 3.8) is 0 Å². The molecule has 26 heavy (non-hydrogen) atoms. The summed E-state index contributed by atoms with van der Waals surface area (Å²) in [7, 11) is 1.82. The second-order valence-corrected chi connectivity index (χ2v) is 7.58. The number of benzene rings is 2. The van der Waals surface area contributed by atoms with Crippen LogP contribution < -0.4 is 10.6 Å². The lowest BCUT2D eigenvalue weighted by Crippen LogP contribution is -2.47. The lowest BCUT2D eigenvalue weighted by molar-refractivity contribution is 0.0514. The van der Waals surface area contributed by atoms with Gasteiger partial charge in [0.1, 0.15) is 0 Å². The molecule has 0 aliphatic carbocycles. The molecule has 0 saturated carbocycles. The molecular weight excluding hydrogens is 390 g/mol. The fourth-order valence-corrected chi connectivity index (χ4v) is 3.65. The van der Waals surface area contributed by atoms with Gasteiger partial charge in [-0.2, -0.15) is 0 Å². The van der Waals surface area contributed by atoms with Crippen LogP contribution in [0.15, 0.2) is 64.1 Å². The van der Waals surface area contributed by atoms with Crippen LogP contribution in [0.25, 0.3) is 0 Å². The normalized spacial score (nSPS) is 16.9. The molecule has 0 amide bonds. The average Bonchev–Trinajstić information content (AvgIpc) is 2.70. The summed E-state index contributed by atoms with van der Waals surface area (Å²) in [4.78, 5) is 4.38. The van der Waals surface area contributed by atoms with E-state index in [0.717, 1.165) is 49.6 Å². The Kier molecular flexibility index (Phi) is 6.69. The van der Waals surface area contributed by atoms with E-state index in [9.17, 15) is 0 Å². The molecule has 0 aromatic heterocycles. The van der Waals surface area contributed by atoms with E-state index in [2.05, 4.69) is 80.1 Å². The first-order valence-corrected chi connectivity index (χ1v) is 9.83. The smallest absolute Gasteiger partial charge is 0.191 e. The van der Waals surface area contributed by atoms with Crippen LogP contribution in [0.2, 0.25) is 0 Å². The van der Waals surface area contributed by atoms with E-state index in [4.69, 9.17) is 4.74 Å². The van der Waals surface area contributed by atoms with Crippen molar-refractivity contribution in [2.24, 2.45) is 4.99 Å². The Hall–Kier alpha value is -1.85. The average molecular weight is 416 g/mol. The summed E-state index contributed by atoms with van der Waals surface area (Å²) in [6.45, 7) is 3.20. The third-order valence-electron chi connectivity index (χ3n) is 5.03. The molecule has 1 aliphatic rings. The van der Waals surface area contributed by atoms with Crippen molar-refractivity contribution in [1.29, 1.82) is 0 Å². The number of hydrogen-bond donors (Lipinski definition) is 2. The summed E-state index contributed by atoms with van der Waals surface area (Å²) in [6, 6.07) is 19.0. The number of nitrogens with zero attached hydrogens (tertiary/aromatic N) is 1. The summed E-state index contributed by atoms with van der Waals surface area (Å²) in [5, 5.41) is 6.94. The lowest BCUT2D eigenvalue weighted by atomic mass is 9.74. The summed E-state index contributed by atoms with van der Waals surface area (Å²) in [5.41, 5.74) is 2.67. The molecule has 1 fully saturated rings. The molecule has 1 aliphatic heterocycles. The van der Waals surface area contributed by atoms with Crippen LogP contribution in [-0.2, 0) is 16.7 Å². The molecule has 1 saturated heterocycles. The Bertz CT molecular complexity index is 710. The summed E-state index contributed by atoms with van der Waals surface area (Å²) in [5.74, 6) is 0.830. The van der Waals surface area contributed by atoms with Gasteiger partial charge in [-0.25, -0.2) is 0 Å². The summed E-state index contributed by atoms with van der Waals surface area (Å²) < 4.78 is 6.73. The minimum absolute atomic E-state index is 0.0727. The zero-order valence-corrected chi connectivity index (χ0v) is 16.8. The first-order valence-electron chi connectivity index (χ1n) is 9.04. The molecule has 0 unspecified atom stereocenters. The van der Waals surface area contributed by atoms with Crippen molar-refractivity contribution in [2.75, 3.05) is 26.8 Å². The highest BCUT2D eigenvalue weighted by Gasteiger charge is 2.34. The maximum Gasteiger partial charge on any atom is 0.191 e. The van der Waals surface area contributed by atoms with Crippen LogP contribution >= 0.6 is 15.9 Å². The number of halogens is 1. The van der Waals surface area contributed by atoms with Crippen molar-refractivity contribution in [3.05, 3.63) is 70.2 Å². The fourth-order valence-electron chi connectivity index (χ4n) is 3.39. The molecule has 0 bridgehead atoms. The largest absolute Gasteiger partial charge is 0.381 e. The predicted molar refractivity (Wildman–Crippen MR) is 111 cm³/mol. The second-order valence-electron chi connectivity index (χ2n) is 6.66. The maximum atomic E-state index is 5.63. The van der Waals surface area contributed by atoms with Gasteiger partial charge < -0.3 is 15.4 Å². The van der Waals surface area contributed by atoms with Gasteiger partial charge in [-0.15, -0.1) is 0 Å². The third-order valence-corrected chi connectivity index (χ3v) is 5.56. The molecule has 0 spiro atoms. The van der Waals surface area contributed by atoms with E-state index in [1.165, 1.54) is 11.1 Å². The van der Waals surface area contributed by atoms with Gasteiger partial charge in [0.05, 0.1) is 0 Å². The molecule has 138 valence electrons. The van der Waals surface area contributed by atoms with Crippen molar-refractivity contribution < 1.29 is 4.74 Å². The van der Waals surface area contributed by atoms with Gasteiger partial charge in [0.2, 0.25) is 0 Å². The van der Waals surface area contributed by atoms with Gasteiger partial charge in [0.25, 0.3) is 0 Å². The molecule has 0 radical (unpaired) electrons. The number of aliphatic imine (C=N–C) groups is 1. The molecule has 3 rings (SSSR count). The molecule has 1 heterocycles. The molecule has 4 nitrogen and oxygen atoms in total. The Labute approximate surface area is 164 Å². The van der Waals surface area contributed by atoms with E-state index < -0.39 is 0 Å². The SMILES string of the molecule is CN=C(NCc1ccccc1)NCC1(c2ccc(Br)cc2)CCOCC1. The molecule has 2 aromatic carbocycles. The molecular formula is C21H26BrN3O. The fraction of sp³-hybridized carbons (Fsp3) is 0.381. The number of hydrogen-bond acceptors (Lipinski definition) is 2. The zero-order valence-electron chi connectivity index (χ0n) is 15.2. The van der Waals surface area contributed by atoms with E-state index in [-0.39, 0.29) is 5.41 Å². The standard InChI is InChI=1S/C21H26BrN3O/c1-23-20(24-15-17-5-3-2-4-6-17)25-16-21(11-13-26-14-12-21)18-7-9-19(22)10-8-18/h2-10H,11-16H2,1H3,(H2,23,24,25). The summed E-state index contributed by atoms with van der Waals surface area (Å²) in [6.07, 6.45) is 2.02. The van der Waals surface area contributed by atoms with Crippen LogP contribution in [0.1, 0.15) is 24.0 Å². The van der Waals surface area contributed by atoms with E-state index >= 15 is 0 Å². The molecule has 0 atom stereocenters. The van der Waals surface area contributed by atoms with Crippen molar-refractivity contribution in [2.45, 2.75) is 24.8 Å². The number of rotatable bonds is 5. The Morgan fingerprint density at radius 1 is 1.04 bits per heavy atom. The maximum absolute atomic E-state index is 5.63. The predicted octanol–water partition coefficient (Wildman–Crippen LogP) is 3.86. The van der Waals surface area contributed by atoms with Gasteiger partial charge in [0.15, 0.2) is 5.96 Å². The van der Waals surface area contributed by atoms with E-state index in [0.29, 0.717) is 0 Å². The molecule has 2 N–H and O–H groups in total. The summed E-state index contributed by atoms with van der Waals surface area (Å²) >= 11 is 3.53. The van der Waals surface area contributed by atoms with Gasteiger partial charge in [-0.1, -0.05) is 58.4 Å². The van der Waals surface area contributed by atoms with Crippen LogP contribution in [0, 0.1) is 0 Å². The molecule has 2 aromatic rings. The van der Waals surface area contributed by atoms with E-state index in [1.54, 1.807) is 0 Å². The van der Waals surface area contributed by atoms with Crippen LogP contribution in [-0.4, -0.2) is 32.8 Å². The quantitative estimate of drug-likeness (QED) is 0.575. The van der Waals surface area contributed by atoms with Crippen LogP contribution in [0.5, 0.6) is 0 Å². The molecule has 5 heteroatoms. The van der Waals surface area contributed by atoms with Crippen molar-refractivity contribution >= 4 is 21.9 Å². The highest BCUT2D eigenvalue weighted by Crippen LogP contribution is 2.34. The first-order chi connectivity index (χ1) is 12.7. The minimum atomic E-state index is 0.0727. The zero-order chi connectivity index (χ0) is 18.2. The lowest BCUT2D eigenvalue weighted by Gasteiger charge is -2.38. The third kappa shape index (κ3) is 4.86. The highest BCUT2D eigenvalue weighted by molar-refractivity contribution is 9.10. The topological polar surface area (TPSA) is 45.7 Å². The second kappa shape index (κ2) is 9.19. The van der Waals surface area contributed by atoms with E-state index in [1.807, 2.05) is 13.1 Å². The number of nitrogens with one attached hydrogen (secondary N) is 2. The van der Waals surface area contributed by atoms with Crippen LogP contribution in [0.3, 0.4) is 0 Å². The van der Waals surface area contributed by atoms with Crippen molar-refractivity contribution in [1.82, 2.24) is 10.6 Å². The van der Waals surface area contributed by atoms with Crippen LogP contribution in [0.4, 0.5) is 0 Å². The highest BCUT2D eigenvalue weighted by atomic mass is 79.9.